The van der Waals surface area contributed by atoms with Crippen LogP contribution in [0.25, 0.3) is 0 Å². The quantitative estimate of drug-likeness (QED) is 0.524. The van der Waals surface area contributed by atoms with E-state index in [1.807, 2.05) is 0 Å². The second kappa shape index (κ2) is 2.85. The van der Waals surface area contributed by atoms with E-state index in [-0.39, 0.29) is 0 Å². The van der Waals surface area contributed by atoms with E-state index in [1.165, 1.54) is 6.42 Å². The molecule has 0 saturated heterocycles. The molecule has 1 heterocycles. The van der Waals surface area contributed by atoms with E-state index < -0.39 is 0 Å². The van der Waals surface area contributed by atoms with Crippen LogP contribution in [-0.2, 0) is 4.74 Å². The Hall–Kier alpha value is -0.530. The predicted molar refractivity (Wildman–Crippen MR) is 37.8 cm³/mol. The first-order valence-electron chi connectivity index (χ1n) is 3.47. The smallest absolute Gasteiger partial charge is 0.183 e. The highest BCUT2D eigenvalue weighted by Crippen LogP contribution is 2.15. The molecule has 1 aliphatic heterocycles. The average molecular weight is 127 g/mol. The van der Waals surface area contributed by atoms with Crippen molar-refractivity contribution >= 4 is 5.90 Å². The van der Waals surface area contributed by atoms with E-state index >= 15 is 0 Å². The highest BCUT2D eigenvalue weighted by Gasteiger charge is 2.14. The van der Waals surface area contributed by atoms with Crippen LogP contribution in [-0.4, -0.2) is 19.0 Å². The van der Waals surface area contributed by atoms with Gasteiger partial charge in [-0.05, 0) is 12.8 Å². The highest BCUT2D eigenvalue weighted by molar-refractivity contribution is 5.77. The fourth-order valence-electron chi connectivity index (χ4n) is 1.07. The van der Waals surface area contributed by atoms with Crippen molar-refractivity contribution in [2.75, 3.05) is 7.11 Å². The predicted octanol–water partition coefficient (Wildman–Crippen LogP) is 1.60. The first-order valence-corrected chi connectivity index (χ1v) is 3.47. The third-order valence-corrected chi connectivity index (χ3v) is 1.72. The summed E-state index contributed by atoms with van der Waals surface area (Å²) in [5, 5.41) is 0. The highest BCUT2D eigenvalue weighted by atomic mass is 16.5. The molecule has 0 aromatic rings. The molecule has 0 radical (unpaired) electrons. The topological polar surface area (TPSA) is 21.6 Å². The molecule has 0 unspecified atom stereocenters. The number of methoxy groups -OCH3 is 1. The Balaban J connectivity index is 2.40. The molecule has 2 heteroatoms. The molecule has 1 aliphatic rings. The summed E-state index contributed by atoms with van der Waals surface area (Å²) in [4.78, 5) is 4.32. The molecule has 0 spiro atoms. The summed E-state index contributed by atoms with van der Waals surface area (Å²) in [5.41, 5.74) is 0. The van der Waals surface area contributed by atoms with Crippen molar-refractivity contribution in [1.82, 2.24) is 0 Å². The molecule has 0 saturated carbocycles. The minimum atomic E-state index is 0.542. The zero-order chi connectivity index (χ0) is 6.69. The Morgan fingerprint density at radius 1 is 1.78 bits per heavy atom. The van der Waals surface area contributed by atoms with Crippen molar-refractivity contribution in [3.8, 4) is 0 Å². The standard InChI is InChI=1S/C7H13NO/c1-3-6-4-5-7(8-6)9-2/h6H,3-5H2,1-2H3/t6-/m1/s1. The average Bonchev–Trinajstić information content (AvgIpc) is 2.34. The van der Waals surface area contributed by atoms with E-state index in [0.717, 1.165) is 18.7 Å². The van der Waals surface area contributed by atoms with E-state index in [9.17, 15) is 0 Å². The molecule has 0 fully saturated rings. The lowest BCUT2D eigenvalue weighted by Crippen LogP contribution is -1.94. The summed E-state index contributed by atoms with van der Waals surface area (Å²) >= 11 is 0. The van der Waals surface area contributed by atoms with Crippen molar-refractivity contribution in [3.05, 3.63) is 0 Å². The van der Waals surface area contributed by atoms with Crippen molar-refractivity contribution < 1.29 is 4.74 Å². The van der Waals surface area contributed by atoms with Crippen LogP contribution in [0.1, 0.15) is 26.2 Å². The molecule has 0 aromatic heterocycles. The van der Waals surface area contributed by atoms with Crippen LogP contribution in [0, 0.1) is 0 Å². The van der Waals surface area contributed by atoms with Crippen LogP contribution < -0.4 is 0 Å². The van der Waals surface area contributed by atoms with Gasteiger partial charge in [-0.2, -0.15) is 0 Å². The monoisotopic (exact) mass is 127 g/mol. The van der Waals surface area contributed by atoms with Crippen LogP contribution in [0.15, 0.2) is 4.99 Å². The molecule has 1 atom stereocenters. The maximum Gasteiger partial charge on any atom is 0.183 e. The molecule has 2 nitrogen and oxygen atoms in total. The van der Waals surface area contributed by atoms with E-state index in [1.54, 1.807) is 7.11 Å². The van der Waals surface area contributed by atoms with Gasteiger partial charge in [0, 0.05) is 6.42 Å². The van der Waals surface area contributed by atoms with Gasteiger partial charge in [-0.25, -0.2) is 0 Å². The SMILES string of the molecule is CC[C@@H]1CCC(OC)=N1. The second-order valence-corrected chi connectivity index (χ2v) is 2.33. The van der Waals surface area contributed by atoms with Crippen LogP contribution in [0.5, 0.6) is 0 Å². The van der Waals surface area contributed by atoms with Gasteiger partial charge in [-0.15, -0.1) is 0 Å². The number of hydrogen-bond donors (Lipinski definition) is 0. The second-order valence-electron chi connectivity index (χ2n) is 2.33. The van der Waals surface area contributed by atoms with Gasteiger partial charge in [0.15, 0.2) is 5.90 Å². The molecule has 0 aliphatic carbocycles. The largest absolute Gasteiger partial charge is 0.484 e. The number of nitrogens with zero attached hydrogens (tertiary/aromatic N) is 1. The van der Waals surface area contributed by atoms with Crippen molar-refractivity contribution in [2.45, 2.75) is 32.2 Å². The lowest BCUT2D eigenvalue weighted by molar-refractivity contribution is 0.395. The number of ether oxygens (including phenoxy) is 1. The Bertz CT molecular complexity index is 120. The number of aliphatic imine (C=N–C) groups is 1. The van der Waals surface area contributed by atoms with Crippen molar-refractivity contribution in [3.63, 3.8) is 0 Å². The van der Waals surface area contributed by atoms with Gasteiger partial charge in [0.2, 0.25) is 0 Å². The third-order valence-electron chi connectivity index (χ3n) is 1.72. The Morgan fingerprint density at radius 3 is 2.89 bits per heavy atom. The summed E-state index contributed by atoms with van der Waals surface area (Å²) in [6.45, 7) is 2.16. The van der Waals surface area contributed by atoms with E-state index in [2.05, 4.69) is 11.9 Å². The Morgan fingerprint density at radius 2 is 2.56 bits per heavy atom. The summed E-state index contributed by atoms with van der Waals surface area (Å²) < 4.78 is 4.99. The summed E-state index contributed by atoms with van der Waals surface area (Å²) in [6, 6.07) is 0.542. The molecule has 0 bridgehead atoms. The van der Waals surface area contributed by atoms with Crippen LogP contribution in [0.3, 0.4) is 0 Å². The van der Waals surface area contributed by atoms with Gasteiger partial charge >= 0.3 is 0 Å². The summed E-state index contributed by atoms with van der Waals surface area (Å²) in [7, 11) is 1.69. The third kappa shape index (κ3) is 1.44. The zero-order valence-corrected chi connectivity index (χ0v) is 6.05. The summed E-state index contributed by atoms with van der Waals surface area (Å²) in [5.74, 6) is 0.932. The molecule has 0 amide bonds. The van der Waals surface area contributed by atoms with Crippen LogP contribution in [0.2, 0.25) is 0 Å². The maximum atomic E-state index is 4.99. The first-order chi connectivity index (χ1) is 4.36. The van der Waals surface area contributed by atoms with Crippen molar-refractivity contribution in [2.24, 2.45) is 4.99 Å². The van der Waals surface area contributed by atoms with Gasteiger partial charge in [0.25, 0.3) is 0 Å². The van der Waals surface area contributed by atoms with Crippen LogP contribution in [0.4, 0.5) is 0 Å². The normalized spacial score (nSPS) is 26.0. The Labute approximate surface area is 55.9 Å². The summed E-state index contributed by atoms with van der Waals surface area (Å²) in [6.07, 6.45) is 3.36. The molecule has 9 heavy (non-hydrogen) atoms. The molecular weight excluding hydrogens is 114 g/mol. The molecular formula is C7H13NO. The molecule has 0 N–H and O–H groups in total. The minimum Gasteiger partial charge on any atom is -0.484 e. The van der Waals surface area contributed by atoms with Gasteiger partial charge in [-0.1, -0.05) is 6.92 Å². The Kier molecular flexibility index (Phi) is 2.09. The lowest BCUT2D eigenvalue weighted by atomic mass is 10.2. The van der Waals surface area contributed by atoms with Gasteiger partial charge < -0.3 is 4.74 Å². The van der Waals surface area contributed by atoms with Crippen molar-refractivity contribution in [1.29, 1.82) is 0 Å². The van der Waals surface area contributed by atoms with Gasteiger partial charge in [0.1, 0.15) is 0 Å². The van der Waals surface area contributed by atoms with Gasteiger partial charge in [-0.3, -0.25) is 4.99 Å². The fraction of sp³-hybridized carbons (Fsp3) is 0.857. The first kappa shape index (κ1) is 6.59. The van der Waals surface area contributed by atoms with E-state index in [4.69, 9.17) is 4.74 Å². The molecule has 52 valence electrons. The van der Waals surface area contributed by atoms with E-state index in [0.29, 0.717) is 6.04 Å². The lowest BCUT2D eigenvalue weighted by Gasteiger charge is -1.96. The minimum absolute atomic E-state index is 0.542. The van der Waals surface area contributed by atoms with Crippen LogP contribution >= 0.6 is 0 Å². The number of rotatable bonds is 1. The number of hydrogen-bond acceptors (Lipinski definition) is 2. The zero-order valence-electron chi connectivity index (χ0n) is 6.05. The molecule has 0 aromatic carbocycles. The fourth-order valence-corrected chi connectivity index (χ4v) is 1.07. The van der Waals surface area contributed by atoms with Gasteiger partial charge in [0.05, 0.1) is 13.2 Å². The maximum absolute atomic E-state index is 4.99. The molecule has 1 rings (SSSR count).